The number of nitrogens with one attached hydrogen (secondary N) is 1. The highest BCUT2D eigenvalue weighted by molar-refractivity contribution is 9.10. The average Bonchev–Trinajstić information content (AvgIpc) is 2.71. The van der Waals surface area contributed by atoms with Gasteiger partial charge in [0.1, 0.15) is 16.7 Å². The molecule has 0 fully saturated rings. The molecule has 0 aliphatic rings. The summed E-state index contributed by atoms with van der Waals surface area (Å²) in [6.07, 6.45) is 2.56. The lowest BCUT2D eigenvalue weighted by molar-refractivity contribution is 1.00. The van der Waals surface area contributed by atoms with Crippen molar-refractivity contribution in [3.05, 3.63) is 39.4 Å². The summed E-state index contributed by atoms with van der Waals surface area (Å²) in [7, 11) is 0. The highest BCUT2D eigenvalue weighted by Gasteiger charge is 1.96. The van der Waals surface area contributed by atoms with Crippen LogP contribution in [0.2, 0.25) is 0 Å². The molecule has 1 N–H and O–H groups in total. The van der Waals surface area contributed by atoms with E-state index >= 15 is 0 Å². The summed E-state index contributed by atoms with van der Waals surface area (Å²) in [6.45, 7) is 0.889. The Hall–Kier alpha value is -0.940. The van der Waals surface area contributed by atoms with Crippen LogP contribution in [0.5, 0.6) is 0 Å². The number of hydrogen-bond acceptors (Lipinski definition) is 4. The number of thiophene rings is 1. The zero-order valence-electron chi connectivity index (χ0n) is 7.98. The first kappa shape index (κ1) is 10.6. The van der Waals surface area contributed by atoms with E-state index in [2.05, 4.69) is 48.0 Å². The molecule has 2 aromatic rings. The molecule has 0 saturated heterocycles. The molecule has 78 valence electrons. The lowest BCUT2D eigenvalue weighted by Crippen LogP contribution is -2.05. The van der Waals surface area contributed by atoms with E-state index in [0.717, 1.165) is 23.4 Å². The molecule has 0 saturated carbocycles. The van der Waals surface area contributed by atoms with Crippen molar-refractivity contribution in [2.24, 2.45) is 0 Å². The molecule has 0 amide bonds. The molecule has 5 heteroatoms. The summed E-state index contributed by atoms with van der Waals surface area (Å²) in [4.78, 5) is 8.07. The van der Waals surface area contributed by atoms with Crippen molar-refractivity contribution >= 4 is 33.1 Å². The smallest absolute Gasteiger partial charge is 0.130 e. The molecular formula is C10H10BrN3S. The maximum absolute atomic E-state index is 4.11. The van der Waals surface area contributed by atoms with Crippen LogP contribution in [0.15, 0.2) is 33.8 Å². The summed E-state index contributed by atoms with van der Waals surface area (Å²) in [5.74, 6) is 0.854. The first-order chi connectivity index (χ1) is 7.34. The predicted octanol–water partition coefficient (Wildman–Crippen LogP) is 2.96. The molecule has 0 aliphatic heterocycles. The monoisotopic (exact) mass is 283 g/mol. The van der Waals surface area contributed by atoms with Crippen LogP contribution in [-0.4, -0.2) is 16.5 Å². The molecule has 0 spiro atoms. The molecule has 15 heavy (non-hydrogen) atoms. The van der Waals surface area contributed by atoms with E-state index in [1.54, 1.807) is 11.3 Å². The Morgan fingerprint density at radius 2 is 2.33 bits per heavy atom. The van der Waals surface area contributed by atoms with Crippen LogP contribution >= 0.6 is 27.3 Å². The van der Waals surface area contributed by atoms with Crippen LogP contribution in [0, 0.1) is 0 Å². The van der Waals surface area contributed by atoms with Gasteiger partial charge < -0.3 is 5.32 Å². The summed E-state index contributed by atoms with van der Waals surface area (Å²) in [5.41, 5.74) is 1.36. The highest BCUT2D eigenvalue weighted by Crippen LogP contribution is 2.10. The summed E-state index contributed by atoms with van der Waals surface area (Å²) in [6, 6.07) is 4.01. The average molecular weight is 284 g/mol. The van der Waals surface area contributed by atoms with Crippen LogP contribution in [-0.2, 0) is 6.42 Å². The largest absolute Gasteiger partial charge is 0.370 e. The number of anilines is 1. The zero-order valence-corrected chi connectivity index (χ0v) is 10.4. The number of rotatable bonds is 4. The lowest BCUT2D eigenvalue weighted by atomic mass is 10.2. The molecule has 0 aromatic carbocycles. The minimum Gasteiger partial charge on any atom is -0.370 e. The molecule has 2 heterocycles. The van der Waals surface area contributed by atoms with Crippen molar-refractivity contribution in [3.8, 4) is 0 Å². The van der Waals surface area contributed by atoms with Gasteiger partial charge in [0.2, 0.25) is 0 Å². The second-order valence-electron chi connectivity index (χ2n) is 3.03. The normalized spacial score (nSPS) is 10.2. The molecular weight excluding hydrogens is 274 g/mol. The Morgan fingerprint density at radius 3 is 3.07 bits per heavy atom. The molecule has 3 nitrogen and oxygen atoms in total. The van der Waals surface area contributed by atoms with E-state index in [1.807, 2.05) is 6.07 Å². The van der Waals surface area contributed by atoms with Gasteiger partial charge in [0, 0.05) is 12.6 Å². The van der Waals surface area contributed by atoms with Gasteiger partial charge in [-0.2, -0.15) is 11.3 Å². The van der Waals surface area contributed by atoms with Gasteiger partial charge in [-0.3, -0.25) is 0 Å². The fourth-order valence-electron chi connectivity index (χ4n) is 1.20. The molecule has 0 aliphatic carbocycles. The van der Waals surface area contributed by atoms with E-state index in [-0.39, 0.29) is 0 Å². The van der Waals surface area contributed by atoms with E-state index in [0.29, 0.717) is 0 Å². The Kier molecular flexibility index (Phi) is 3.69. The SMILES string of the molecule is Brc1cc(NCCc2ccsc2)ncn1. The summed E-state index contributed by atoms with van der Waals surface area (Å²) in [5, 5.41) is 7.51. The minimum atomic E-state index is 0.801. The number of aromatic nitrogens is 2. The van der Waals surface area contributed by atoms with Gasteiger partial charge in [-0.1, -0.05) is 0 Å². The van der Waals surface area contributed by atoms with Crippen molar-refractivity contribution in [3.63, 3.8) is 0 Å². The molecule has 0 atom stereocenters. The fraction of sp³-hybridized carbons (Fsp3) is 0.200. The first-order valence-corrected chi connectivity index (χ1v) is 6.30. The summed E-state index contributed by atoms with van der Waals surface area (Å²) < 4.78 is 0.801. The van der Waals surface area contributed by atoms with Gasteiger partial charge in [0.05, 0.1) is 0 Å². The lowest BCUT2D eigenvalue weighted by Gasteiger charge is -2.03. The molecule has 0 unspecified atom stereocenters. The maximum atomic E-state index is 4.11. The van der Waals surface area contributed by atoms with E-state index in [9.17, 15) is 0 Å². The van der Waals surface area contributed by atoms with Gasteiger partial charge in [0.25, 0.3) is 0 Å². The second kappa shape index (κ2) is 5.23. The van der Waals surface area contributed by atoms with Crippen molar-refractivity contribution in [2.45, 2.75) is 6.42 Å². The third-order valence-electron chi connectivity index (χ3n) is 1.93. The van der Waals surface area contributed by atoms with Crippen LogP contribution < -0.4 is 5.32 Å². The van der Waals surface area contributed by atoms with Crippen molar-refractivity contribution in [1.82, 2.24) is 9.97 Å². The Balaban J connectivity index is 1.83. The quantitative estimate of drug-likeness (QED) is 0.877. The minimum absolute atomic E-state index is 0.801. The van der Waals surface area contributed by atoms with Gasteiger partial charge >= 0.3 is 0 Å². The topological polar surface area (TPSA) is 37.8 Å². The van der Waals surface area contributed by atoms with E-state index in [4.69, 9.17) is 0 Å². The molecule has 2 rings (SSSR count). The van der Waals surface area contributed by atoms with E-state index in [1.165, 1.54) is 11.9 Å². The van der Waals surface area contributed by atoms with Crippen LogP contribution in [0.3, 0.4) is 0 Å². The molecule has 0 radical (unpaired) electrons. The second-order valence-corrected chi connectivity index (χ2v) is 4.63. The fourth-order valence-corrected chi connectivity index (χ4v) is 2.21. The number of halogens is 1. The van der Waals surface area contributed by atoms with Gasteiger partial charge in [-0.05, 0) is 44.7 Å². The van der Waals surface area contributed by atoms with Crippen molar-refractivity contribution in [2.75, 3.05) is 11.9 Å². The first-order valence-electron chi connectivity index (χ1n) is 4.57. The van der Waals surface area contributed by atoms with Gasteiger partial charge in [-0.25, -0.2) is 9.97 Å². The van der Waals surface area contributed by atoms with Gasteiger partial charge in [0.15, 0.2) is 0 Å². The highest BCUT2D eigenvalue weighted by atomic mass is 79.9. The van der Waals surface area contributed by atoms with Gasteiger partial charge in [-0.15, -0.1) is 0 Å². The third kappa shape index (κ3) is 3.28. The Bertz CT molecular complexity index is 416. The van der Waals surface area contributed by atoms with Crippen molar-refractivity contribution < 1.29 is 0 Å². The number of nitrogens with zero attached hydrogens (tertiary/aromatic N) is 2. The number of hydrogen-bond donors (Lipinski definition) is 1. The van der Waals surface area contributed by atoms with Crippen LogP contribution in [0.1, 0.15) is 5.56 Å². The summed E-state index contributed by atoms with van der Waals surface area (Å²) >= 11 is 5.03. The van der Waals surface area contributed by atoms with Crippen LogP contribution in [0.4, 0.5) is 5.82 Å². The Morgan fingerprint density at radius 1 is 1.40 bits per heavy atom. The standard InChI is InChI=1S/C10H10BrN3S/c11-9-5-10(14-7-13-9)12-3-1-8-2-4-15-6-8/h2,4-7H,1,3H2,(H,12,13,14). The predicted molar refractivity (Wildman–Crippen MR) is 66.2 cm³/mol. The molecule has 0 bridgehead atoms. The van der Waals surface area contributed by atoms with Crippen molar-refractivity contribution in [1.29, 1.82) is 0 Å². The van der Waals surface area contributed by atoms with E-state index < -0.39 is 0 Å². The van der Waals surface area contributed by atoms with Crippen LogP contribution in [0.25, 0.3) is 0 Å². The maximum Gasteiger partial charge on any atom is 0.130 e. The molecule has 2 aromatic heterocycles. The third-order valence-corrected chi connectivity index (χ3v) is 3.10. The zero-order chi connectivity index (χ0) is 10.5. The Labute approximate surface area is 101 Å².